The predicted molar refractivity (Wildman–Crippen MR) is 101 cm³/mol. The summed E-state index contributed by atoms with van der Waals surface area (Å²) in [7, 11) is -1.91. The number of amides is 1. The Hall–Kier alpha value is -2.34. The fourth-order valence-electron chi connectivity index (χ4n) is 2.75. The molecule has 0 aliphatic rings. The first-order valence-corrected chi connectivity index (χ1v) is 9.90. The van der Waals surface area contributed by atoms with E-state index in [1.165, 1.54) is 4.31 Å². The molecule has 2 rings (SSSR count). The lowest BCUT2D eigenvalue weighted by Crippen LogP contribution is -2.48. The minimum atomic E-state index is -3.60. The number of carbonyl (C=O) groups is 1. The highest BCUT2D eigenvalue weighted by Gasteiger charge is 2.30. The SMILES string of the molecule is Cc1ccc(N([C@H](C)C(=O)N(C)Cc2ccccc2)S(C)(=O)=O)cc1. The quantitative estimate of drug-likeness (QED) is 0.796. The molecule has 1 amide bonds. The van der Waals surface area contributed by atoms with E-state index in [1.807, 2.05) is 49.4 Å². The highest BCUT2D eigenvalue weighted by molar-refractivity contribution is 7.92. The van der Waals surface area contributed by atoms with Crippen molar-refractivity contribution >= 4 is 21.6 Å². The smallest absolute Gasteiger partial charge is 0.246 e. The van der Waals surface area contributed by atoms with Gasteiger partial charge in [0.2, 0.25) is 15.9 Å². The zero-order valence-corrected chi connectivity index (χ0v) is 15.8. The van der Waals surface area contributed by atoms with Gasteiger partial charge in [-0.2, -0.15) is 0 Å². The largest absolute Gasteiger partial charge is 0.340 e. The predicted octanol–water partition coefficient (Wildman–Crippen LogP) is 2.81. The summed E-state index contributed by atoms with van der Waals surface area (Å²) in [5, 5.41) is 0. The second-order valence-corrected chi connectivity index (χ2v) is 8.11. The molecule has 0 fully saturated rings. The Labute approximate surface area is 149 Å². The van der Waals surface area contributed by atoms with Crippen molar-refractivity contribution in [3.05, 3.63) is 65.7 Å². The van der Waals surface area contributed by atoms with Crippen molar-refractivity contribution in [2.45, 2.75) is 26.4 Å². The van der Waals surface area contributed by atoms with Gasteiger partial charge in [-0.15, -0.1) is 0 Å². The minimum absolute atomic E-state index is 0.255. The van der Waals surface area contributed by atoms with E-state index in [4.69, 9.17) is 0 Å². The first-order chi connectivity index (χ1) is 11.7. The summed E-state index contributed by atoms with van der Waals surface area (Å²) in [5.74, 6) is -0.255. The Morgan fingerprint density at radius 3 is 2.12 bits per heavy atom. The molecule has 0 spiro atoms. The van der Waals surface area contributed by atoms with Crippen molar-refractivity contribution in [1.29, 1.82) is 0 Å². The van der Waals surface area contributed by atoms with Crippen LogP contribution in [0, 0.1) is 6.92 Å². The van der Waals surface area contributed by atoms with Gasteiger partial charge in [-0.1, -0.05) is 48.0 Å². The second-order valence-electron chi connectivity index (χ2n) is 6.25. The number of rotatable bonds is 6. The van der Waals surface area contributed by atoms with Crippen LogP contribution in [0.4, 0.5) is 5.69 Å². The third-order valence-corrected chi connectivity index (χ3v) is 5.24. The number of carbonyl (C=O) groups excluding carboxylic acids is 1. The maximum atomic E-state index is 12.8. The van der Waals surface area contributed by atoms with Crippen LogP contribution in [0.2, 0.25) is 0 Å². The Kier molecular flexibility index (Phi) is 5.85. The molecule has 134 valence electrons. The number of likely N-dealkylation sites (N-methyl/N-ethyl adjacent to an activating group) is 1. The maximum Gasteiger partial charge on any atom is 0.246 e. The van der Waals surface area contributed by atoms with Gasteiger partial charge in [-0.25, -0.2) is 8.42 Å². The van der Waals surface area contributed by atoms with Gasteiger partial charge in [-0.05, 0) is 31.5 Å². The number of hydrogen-bond donors (Lipinski definition) is 0. The molecule has 0 unspecified atom stereocenters. The topological polar surface area (TPSA) is 57.7 Å². The number of nitrogens with zero attached hydrogens (tertiary/aromatic N) is 2. The molecule has 2 aromatic carbocycles. The van der Waals surface area contributed by atoms with Crippen LogP contribution in [-0.2, 0) is 21.4 Å². The maximum absolute atomic E-state index is 12.8. The zero-order chi connectivity index (χ0) is 18.6. The number of benzene rings is 2. The van der Waals surface area contributed by atoms with Crippen LogP contribution >= 0.6 is 0 Å². The molecule has 0 aromatic heterocycles. The monoisotopic (exact) mass is 360 g/mol. The molecule has 0 bridgehead atoms. The van der Waals surface area contributed by atoms with Crippen LogP contribution in [0.15, 0.2) is 54.6 Å². The molecule has 0 aliphatic heterocycles. The van der Waals surface area contributed by atoms with Gasteiger partial charge < -0.3 is 4.90 Å². The Balaban J connectivity index is 2.25. The van der Waals surface area contributed by atoms with Crippen LogP contribution in [0.5, 0.6) is 0 Å². The molecular weight excluding hydrogens is 336 g/mol. The summed E-state index contributed by atoms with van der Waals surface area (Å²) < 4.78 is 25.8. The van der Waals surface area contributed by atoms with Gasteiger partial charge >= 0.3 is 0 Å². The lowest BCUT2D eigenvalue weighted by molar-refractivity contribution is -0.131. The van der Waals surface area contributed by atoms with Gasteiger partial charge in [0.05, 0.1) is 11.9 Å². The number of aryl methyl sites for hydroxylation is 1. The summed E-state index contributed by atoms with van der Waals surface area (Å²) in [6.45, 7) is 3.97. The first kappa shape index (κ1) is 19.0. The van der Waals surface area contributed by atoms with E-state index in [-0.39, 0.29) is 5.91 Å². The van der Waals surface area contributed by atoms with Crippen molar-refractivity contribution in [3.63, 3.8) is 0 Å². The second kappa shape index (κ2) is 7.70. The van der Waals surface area contributed by atoms with E-state index in [0.717, 1.165) is 17.4 Å². The molecule has 0 radical (unpaired) electrons. The van der Waals surface area contributed by atoms with Crippen LogP contribution in [0.3, 0.4) is 0 Å². The van der Waals surface area contributed by atoms with Crippen molar-refractivity contribution in [3.8, 4) is 0 Å². The molecule has 2 aromatic rings. The molecule has 6 heteroatoms. The molecule has 1 atom stereocenters. The molecule has 5 nitrogen and oxygen atoms in total. The highest BCUT2D eigenvalue weighted by Crippen LogP contribution is 2.22. The molecule has 0 aliphatic carbocycles. The molecular formula is C19H24N2O3S. The van der Waals surface area contributed by atoms with Gasteiger partial charge in [0.15, 0.2) is 0 Å². The van der Waals surface area contributed by atoms with Gasteiger partial charge in [-0.3, -0.25) is 9.10 Å². The van der Waals surface area contributed by atoms with Crippen LogP contribution < -0.4 is 4.31 Å². The van der Waals surface area contributed by atoms with Gasteiger partial charge in [0.25, 0.3) is 0 Å². The molecule has 25 heavy (non-hydrogen) atoms. The van der Waals surface area contributed by atoms with E-state index >= 15 is 0 Å². The van der Waals surface area contributed by atoms with Crippen LogP contribution in [-0.4, -0.2) is 38.6 Å². The third-order valence-electron chi connectivity index (χ3n) is 3.99. The van der Waals surface area contributed by atoms with Crippen molar-refractivity contribution in [2.75, 3.05) is 17.6 Å². The van der Waals surface area contributed by atoms with Crippen LogP contribution in [0.1, 0.15) is 18.1 Å². The number of hydrogen-bond acceptors (Lipinski definition) is 3. The standard InChI is InChI=1S/C19H24N2O3S/c1-15-10-12-18(13-11-15)21(25(4,23)24)16(2)19(22)20(3)14-17-8-6-5-7-9-17/h5-13,16H,14H2,1-4H3/t16-/m1/s1. The summed E-state index contributed by atoms with van der Waals surface area (Å²) in [4.78, 5) is 14.3. The average molecular weight is 360 g/mol. The highest BCUT2D eigenvalue weighted by atomic mass is 32.2. The molecule has 0 N–H and O–H groups in total. The normalized spacial score (nSPS) is 12.5. The Morgan fingerprint density at radius 1 is 1.04 bits per heavy atom. The molecule has 0 heterocycles. The Morgan fingerprint density at radius 2 is 1.60 bits per heavy atom. The summed E-state index contributed by atoms with van der Waals surface area (Å²) in [6, 6.07) is 15.9. The summed E-state index contributed by atoms with van der Waals surface area (Å²) in [5.41, 5.74) is 2.51. The molecule has 0 saturated heterocycles. The minimum Gasteiger partial charge on any atom is -0.340 e. The number of anilines is 1. The fourth-order valence-corrected chi connectivity index (χ4v) is 3.92. The summed E-state index contributed by atoms with van der Waals surface area (Å²) in [6.07, 6.45) is 1.12. The summed E-state index contributed by atoms with van der Waals surface area (Å²) >= 11 is 0. The van der Waals surface area contributed by atoms with E-state index < -0.39 is 16.1 Å². The molecule has 0 saturated carbocycles. The van der Waals surface area contributed by atoms with Crippen molar-refractivity contribution in [2.24, 2.45) is 0 Å². The first-order valence-electron chi connectivity index (χ1n) is 8.05. The van der Waals surface area contributed by atoms with Gasteiger partial charge in [0, 0.05) is 13.6 Å². The van der Waals surface area contributed by atoms with Gasteiger partial charge in [0.1, 0.15) is 6.04 Å². The van der Waals surface area contributed by atoms with E-state index in [2.05, 4.69) is 0 Å². The fraction of sp³-hybridized carbons (Fsp3) is 0.316. The van der Waals surface area contributed by atoms with E-state index in [0.29, 0.717) is 12.2 Å². The Bertz CT molecular complexity index is 818. The van der Waals surface area contributed by atoms with E-state index in [9.17, 15) is 13.2 Å². The third kappa shape index (κ3) is 4.82. The van der Waals surface area contributed by atoms with Crippen molar-refractivity contribution in [1.82, 2.24) is 4.90 Å². The lowest BCUT2D eigenvalue weighted by atomic mass is 10.2. The van der Waals surface area contributed by atoms with E-state index in [1.54, 1.807) is 31.0 Å². The number of sulfonamides is 1. The lowest BCUT2D eigenvalue weighted by Gasteiger charge is -2.31. The average Bonchev–Trinajstić information content (AvgIpc) is 2.55. The zero-order valence-electron chi connectivity index (χ0n) is 15.0. The van der Waals surface area contributed by atoms with Crippen LogP contribution in [0.25, 0.3) is 0 Å². The van der Waals surface area contributed by atoms with Crippen molar-refractivity contribution < 1.29 is 13.2 Å².